The summed E-state index contributed by atoms with van der Waals surface area (Å²) in [6.45, 7) is 3.53. The van der Waals surface area contributed by atoms with Crippen LogP contribution in [-0.4, -0.2) is 25.2 Å². The number of rotatable bonds is 6. The van der Waals surface area contributed by atoms with E-state index in [1.165, 1.54) is 12.1 Å². The summed E-state index contributed by atoms with van der Waals surface area (Å²) < 4.78 is 23.4. The van der Waals surface area contributed by atoms with Crippen molar-refractivity contribution >= 4 is 23.5 Å². The molecule has 0 saturated carbocycles. The van der Waals surface area contributed by atoms with Gasteiger partial charge in [0.1, 0.15) is 5.82 Å². The van der Waals surface area contributed by atoms with Crippen LogP contribution >= 0.6 is 11.6 Å². The third-order valence-corrected chi connectivity index (χ3v) is 2.82. The van der Waals surface area contributed by atoms with Gasteiger partial charge in [0, 0.05) is 5.02 Å². The quantitative estimate of drug-likeness (QED) is 0.599. The lowest BCUT2D eigenvalue weighted by molar-refractivity contribution is -0.161. The zero-order chi connectivity index (χ0) is 15.1. The van der Waals surface area contributed by atoms with Crippen LogP contribution in [0.4, 0.5) is 4.39 Å². The van der Waals surface area contributed by atoms with Gasteiger partial charge in [-0.05, 0) is 38.0 Å². The molecule has 110 valence electrons. The highest BCUT2D eigenvalue weighted by atomic mass is 35.5. The molecule has 1 rings (SSSR count). The van der Waals surface area contributed by atoms with Gasteiger partial charge in [-0.2, -0.15) is 0 Å². The number of hydrogen-bond acceptors (Lipinski definition) is 4. The van der Waals surface area contributed by atoms with Crippen molar-refractivity contribution < 1.29 is 23.5 Å². The van der Waals surface area contributed by atoms with E-state index in [2.05, 4.69) is 0 Å². The monoisotopic (exact) mass is 302 g/mol. The first-order valence-electron chi connectivity index (χ1n) is 6.26. The fraction of sp³-hybridized carbons (Fsp3) is 0.429. The molecular weight excluding hydrogens is 287 g/mol. The molecule has 0 atom stereocenters. The molecule has 1 aromatic rings. The summed E-state index contributed by atoms with van der Waals surface area (Å²) in [5, 5.41) is 0.245. The Labute approximate surface area is 121 Å². The van der Waals surface area contributed by atoms with Crippen LogP contribution in [0.3, 0.4) is 0 Å². The summed E-state index contributed by atoms with van der Waals surface area (Å²) in [5.74, 6) is -3.19. The lowest BCUT2D eigenvalue weighted by Gasteiger charge is -2.14. The smallest absolute Gasteiger partial charge is 0.320 e. The molecule has 0 spiro atoms. The summed E-state index contributed by atoms with van der Waals surface area (Å²) in [7, 11) is 0. The zero-order valence-electron chi connectivity index (χ0n) is 11.3. The van der Waals surface area contributed by atoms with Gasteiger partial charge in [-0.25, -0.2) is 4.39 Å². The second kappa shape index (κ2) is 7.85. The van der Waals surface area contributed by atoms with E-state index in [4.69, 9.17) is 21.1 Å². The van der Waals surface area contributed by atoms with E-state index in [0.29, 0.717) is 0 Å². The molecule has 6 heteroatoms. The normalized spacial score (nSPS) is 10.4. The van der Waals surface area contributed by atoms with E-state index in [1.54, 1.807) is 13.8 Å². The lowest BCUT2D eigenvalue weighted by atomic mass is 9.99. The standard InChI is InChI=1S/C14H16ClFO4/c1-3-19-13(17)11(14(18)20-4-2)7-9-5-6-10(15)8-12(9)16/h5-6,8,11H,3-4,7H2,1-2H3. The van der Waals surface area contributed by atoms with Gasteiger partial charge < -0.3 is 9.47 Å². The Morgan fingerprint density at radius 3 is 2.20 bits per heavy atom. The SMILES string of the molecule is CCOC(=O)C(Cc1ccc(Cl)cc1F)C(=O)OCC. The van der Waals surface area contributed by atoms with Crippen molar-refractivity contribution in [2.75, 3.05) is 13.2 Å². The van der Waals surface area contributed by atoms with Gasteiger partial charge in [0.05, 0.1) is 13.2 Å². The molecular formula is C14H16ClFO4. The molecule has 20 heavy (non-hydrogen) atoms. The van der Waals surface area contributed by atoms with E-state index in [9.17, 15) is 14.0 Å². The van der Waals surface area contributed by atoms with E-state index in [0.717, 1.165) is 6.07 Å². The molecule has 0 radical (unpaired) electrons. The highest BCUT2D eigenvalue weighted by Gasteiger charge is 2.30. The van der Waals surface area contributed by atoms with Crippen molar-refractivity contribution in [2.45, 2.75) is 20.3 Å². The molecule has 0 heterocycles. The molecule has 0 unspecified atom stereocenters. The molecule has 0 aliphatic heterocycles. The minimum absolute atomic E-state index is 0.124. The average molecular weight is 303 g/mol. The summed E-state index contributed by atoms with van der Waals surface area (Å²) >= 11 is 5.65. The first-order valence-corrected chi connectivity index (χ1v) is 6.64. The molecule has 4 nitrogen and oxygen atoms in total. The number of halogens is 2. The molecule has 0 aliphatic carbocycles. The second-order valence-corrected chi connectivity index (χ2v) is 4.43. The van der Waals surface area contributed by atoms with Gasteiger partial charge in [-0.1, -0.05) is 17.7 Å². The Balaban J connectivity index is 2.93. The molecule has 0 amide bonds. The third-order valence-electron chi connectivity index (χ3n) is 2.58. The van der Waals surface area contributed by atoms with Gasteiger partial charge in [0.25, 0.3) is 0 Å². The topological polar surface area (TPSA) is 52.6 Å². The number of esters is 2. The molecule has 0 N–H and O–H groups in total. The largest absolute Gasteiger partial charge is 0.465 e. The van der Waals surface area contributed by atoms with E-state index >= 15 is 0 Å². The van der Waals surface area contributed by atoms with E-state index < -0.39 is 23.7 Å². The molecule has 0 fully saturated rings. The van der Waals surface area contributed by atoms with Crippen LogP contribution in [-0.2, 0) is 25.5 Å². The van der Waals surface area contributed by atoms with Crippen LogP contribution in [0.1, 0.15) is 19.4 Å². The zero-order valence-corrected chi connectivity index (χ0v) is 12.1. The maximum absolute atomic E-state index is 13.7. The highest BCUT2D eigenvalue weighted by molar-refractivity contribution is 6.30. The summed E-state index contributed by atoms with van der Waals surface area (Å²) in [5.41, 5.74) is 0.209. The van der Waals surface area contributed by atoms with Crippen molar-refractivity contribution in [2.24, 2.45) is 5.92 Å². The maximum atomic E-state index is 13.7. The van der Waals surface area contributed by atoms with Crippen molar-refractivity contribution in [3.8, 4) is 0 Å². The van der Waals surface area contributed by atoms with Crippen molar-refractivity contribution in [3.05, 3.63) is 34.6 Å². The van der Waals surface area contributed by atoms with Gasteiger partial charge in [0.2, 0.25) is 0 Å². The fourth-order valence-corrected chi connectivity index (χ4v) is 1.81. The first kappa shape index (κ1) is 16.4. The average Bonchev–Trinajstić information content (AvgIpc) is 2.38. The van der Waals surface area contributed by atoms with Crippen molar-refractivity contribution in [1.82, 2.24) is 0 Å². The van der Waals surface area contributed by atoms with Gasteiger partial charge in [-0.15, -0.1) is 0 Å². The highest BCUT2D eigenvalue weighted by Crippen LogP contribution is 2.19. The number of ether oxygens (including phenoxy) is 2. The minimum atomic E-state index is -1.18. The van der Waals surface area contributed by atoms with Crippen molar-refractivity contribution in [1.29, 1.82) is 0 Å². The van der Waals surface area contributed by atoms with Gasteiger partial charge in [-0.3, -0.25) is 9.59 Å². The maximum Gasteiger partial charge on any atom is 0.320 e. The lowest BCUT2D eigenvalue weighted by Crippen LogP contribution is -2.30. The second-order valence-electron chi connectivity index (χ2n) is 4.00. The number of carbonyl (C=O) groups is 2. The van der Waals surface area contributed by atoms with Crippen LogP contribution in [0, 0.1) is 11.7 Å². The summed E-state index contributed by atoms with van der Waals surface area (Å²) in [4.78, 5) is 23.5. The van der Waals surface area contributed by atoms with Crippen LogP contribution in [0.25, 0.3) is 0 Å². The summed E-state index contributed by atoms with van der Waals surface area (Å²) in [6.07, 6.45) is -0.124. The Kier molecular flexibility index (Phi) is 6.45. The predicted octanol–water partition coefficient (Wildman–Crippen LogP) is 2.76. The van der Waals surface area contributed by atoms with Crippen molar-refractivity contribution in [3.63, 3.8) is 0 Å². The Bertz CT molecular complexity index is 472. The van der Waals surface area contributed by atoms with E-state index in [1.807, 2.05) is 0 Å². The van der Waals surface area contributed by atoms with Crippen LogP contribution in [0.15, 0.2) is 18.2 Å². The van der Waals surface area contributed by atoms with E-state index in [-0.39, 0.29) is 30.2 Å². The number of carbonyl (C=O) groups excluding carboxylic acids is 2. The number of benzene rings is 1. The Hall–Kier alpha value is -1.62. The van der Waals surface area contributed by atoms with Crippen LogP contribution in [0.2, 0.25) is 5.02 Å². The number of hydrogen-bond donors (Lipinski definition) is 0. The van der Waals surface area contributed by atoms with Crippen LogP contribution < -0.4 is 0 Å². The molecule has 0 aromatic heterocycles. The molecule has 0 saturated heterocycles. The molecule has 0 aliphatic rings. The molecule has 1 aromatic carbocycles. The minimum Gasteiger partial charge on any atom is -0.465 e. The Morgan fingerprint density at radius 1 is 1.20 bits per heavy atom. The fourth-order valence-electron chi connectivity index (χ4n) is 1.66. The molecule has 0 bridgehead atoms. The third kappa shape index (κ3) is 4.49. The predicted molar refractivity (Wildman–Crippen MR) is 71.9 cm³/mol. The van der Waals surface area contributed by atoms with Gasteiger partial charge in [0.15, 0.2) is 5.92 Å². The van der Waals surface area contributed by atoms with Crippen LogP contribution in [0.5, 0.6) is 0 Å². The Morgan fingerprint density at radius 2 is 1.75 bits per heavy atom. The van der Waals surface area contributed by atoms with Gasteiger partial charge >= 0.3 is 11.9 Å². The first-order chi connectivity index (χ1) is 9.49. The summed E-state index contributed by atoms with van der Waals surface area (Å²) in [6, 6.07) is 4.06.